The lowest BCUT2D eigenvalue weighted by molar-refractivity contribution is -0.119. The van der Waals surface area contributed by atoms with Crippen molar-refractivity contribution in [3.8, 4) is 0 Å². The molecule has 0 saturated carbocycles. The molecule has 1 N–H and O–H groups in total. The third-order valence-electron chi connectivity index (χ3n) is 2.74. The molecule has 1 heterocycles. The maximum atomic E-state index is 11.8. The lowest BCUT2D eigenvalue weighted by Crippen LogP contribution is -2.22. The molecule has 1 aromatic carbocycles. The largest absolute Gasteiger partial charge is 0.381 e. The van der Waals surface area contributed by atoms with Crippen LogP contribution in [0.3, 0.4) is 0 Å². The van der Waals surface area contributed by atoms with E-state index in [2.05, 4.69) is 21.2 Å². The topological polar surface area (TPSA) is 38.3 Å². The van der Waals surface area contributed by atoms with Gasteiger partial charge in [-0.2, -0.15) is 0 Å². The van der Waals surface area contributed by atoms with Crippen LogP contribution in [-0.4, -0.2) is 19.1 Å². The molecule has 1 atom stereocenters. The molecule has 2 rings (SSSR count). The molecule has 0 radical (unpaired) electrons. The van der Waals surface area contributed by atoms with Gasteiger partial charge in [-0.15, -0.1) is 0 Å². The van der Waals surface area contributed by atoms with Gasteiger partial charge < -0.3 is 10.1 Å². The minimum atomic E-state index is 0.0000728. The molecule has 0 bridgehead atoms. The van der Waals surface area contributed by atoms with Gasteiger partial charge >= 0.3 is 0 Å². The quantitative estimate of drug-likeness (QED) is 0.906. The molecule has 1 aromatic rings. The van der Waals surface area contributed by atoms with Gasteiger partial charge in [0.15, 0.2) is 0 Å². The maximum Gasteiger partial charge on any atom is 0.229 e. The molecule has 1 fully saturated rings. The Kier molecular flexibility index (Phi) is 3.61. The summed E-state index contributed by atoms with van der Waals surface area (Å²) < 4.78 is 6.20. The van der Waals surface area contributed by atoms with Gasteiger partial charge in [-0.25, -0.2) is 0 Å². The number of hydrogen-bond acceptors (Lipinski definition) is 2. The van der Waals surface area contributed by atoms with Gasteiger partial charge in [-0.3, -0.25) is 4.79 Å². The Bertz CT molecular complexity index is 400. The van der Waals surface area contributed by atoms with Gasteiger partial charge in [0.25, 0.3) is 0 Å². The number of rotatable bonds is 2. The Morgan fingerprint density at radius 3 is 3.00 bits per heavy atom. The van der Waals surface area contributed by atoms with Crippen molar-refractivity contribution in [2.45, 2.75) is 13.3 Å². The number of benzene rings is 1. The number of nitrogens with one attached hydrogen (secondary N) is 1. The molecule has 86 valence electrons. The molecular formula is C12H14BrNO2. The van der Waals surface area contributed by atoms with Crippen molar-refractivity contribution in [3.05, 3.63) is 28.2 Å². The van der Waals surface area contributed by atoms with Gasteiger partial charge in [0, 0.05) is 16.8 Å². The third-order valence-corrected chi connectivity index (χ3v) is 3.59. The van der Waals surface area contributed by atoms with Gasteiger partial charge in [0.1, 0.15) is 0 Å². The fourth-order valence-corrected chi connectivity index (χ4v) is 2.04. The van der Waals surface area contributed by atoms with Crippen LogP contribution in [0.4, 0.5) is 5.69 Å². The predicted molar refractivity (Wildman–Crippen MR) is 66.4 cm³/mol. The number of halogens is 1. The summed E-state index contributed by atoms with van der Waals surface area (Å²) in [5.74, 6) is 0.0494. The fourth-order valence-electron chi connectivity index (χ4n) is 1.66. The van der Waals surface area contributed by atoms with Crippen LogP contribution in [0.1, 0.15) is 12.0 Å². The van der Waals surface area contributed by atoms with Crippen molar-refractivity contribution in [1.29, 1.82) is 0 Å². The van der Waals surface area contributed by atoms with E-state index in [0.717, 1.165) is 22.1 Å². The van der Waals surface area contributed by atoms with Gasteiger partial charge in [0.05, 0.1) is 12.5 Å². The smallest absolute Gasteiger partial charge is 0.229 e. The first kappa shape index (κ1) is 11.6. The van der Waals surface area contributed by atoms with E-state index in [1.165, 1.54) is 0 Å². The summed E-state index contributed by atoms with van der Waals surface area (Å²) in [7, 11) is 0. The second-order valence-corrected chi connectivity index (χ2v) is 4.87. The highest BCUT2D eigenvalue weighted by Crippen LogP contribution is 2.22. The van der Waals surface area contributed by atoms with E-state index < -0.39 is 0 Å². The van der Waals surface area contributed by atoms with Crippen molar-refractivity contribution < 1.29 is 9.53 Å². The van der Waals surface area contributed by atoms with Crippen LogP contribution in [-0.2, 0) is 9.53 Å². The number of aryl methyl sites for hydroxylation is 1. The van der Waals surface area contributed by atoms with Crippen LogP contribution in [0.5, 0.6) is 0 Å². The van der Waals surface area contributed by atoms with Crippen LogP contribution in [0.25, 0.3) is 0 Å². The standard InChI is InChI=1S/C12H14BrNO2/c1-8-2-3-10(6-11(8)13)14-12(15)9-4-5-16-7-9/h2-3,6,9H,4-5,7H2,1H3,(H,14,15). The highest BCUT2D eigenvalue weighted by Gasteiger charge is 2.23. The number of amides is 1. The van der Waals surface area contributed by atoms with Crippen LogP contribution in [0, 0.1) is 12.8 Å². The monoisotopic (exact) mass is 283 g/mol. The zero-order chi connectivity index (χ0) is 11.5. The first-order valence-electron chi connectivity index (χ1n) is 5.31. The van der Waals surface area contributed by atoms with E-state index in [1.807, 2.05) is 25.1 Å². The average Bonchev–Trinajstić information content (AvgIpc) is 2.77. The Hall–Kier alpha value is -0.870. The Morgan fingerprint density at radius 2 is 2.38 bits per heavy atom. The summed E-state index contributed by atoms with van der Waals surface area (Å²) in [6, 6.07) is 5.81. The van der Waals surface area contributed by atoms with E-state index in [9.17, 15) is 4.79 Å². The molecule has 16 heavy (non-hydrogen) atoms. The first-order valence-corrected chi connectivity index (χ1v) is 6.11. The van der Waals surface area contributed by atoms with Gasteiger partial charge in [-0.1, -0.05) is 22.0 Å². The minimum Gasteiger partial charge on any atom is -0.381 e. The lowest BCUT2D eigenvalue weighted by Gasteiger charge is -2.10. The Labute approximate surface area is 103 Å². The van der Waals surface area contributed by atoms with E-state index in [4.69, 9.17) is 4.74 Å². The van der Waals surface area contributed by atoms with Gasteiger partial charge in [-0.05, 0) is 31.0 Å². The number of carbonyl (C=O) groups excluding carboxylic acids is 1. The molecule has 1 amide bonds. The maximum absolute atomic E-state index is 11.8. The fraction of sp³-hybridized carbons (Fsp3) is 0.417. The molecule has 0 spiro atoms. The second kappa shape index (κ2) is 4.97. The molecule has 1 saturated heterocycles. The molecule has 4 heteroatoms. The van der Waals surface area contributed by atoms with Crippen LogP contribution < -0.4 is 5.32 Å². The Balaban J connectivity index is 2.02. The second-order valence-electron chi connectivity index (χ2n) is 4.01. The number of ether oxygens (including phenoxy) is 1. The molecule has 1 aliphatic heterocycles. The first-order chi connectivity index (χ1) is 7.66. The van der Waals surface area contributed by atoms with Crippen molar-refractivity contribution in [1.82, 2.24) is 0 Å². The highest BCUT2D eigenvalue weighted by atomic mass is 79.9. The lowest BCUT2D eigenvalue weighted by atomic mass is 10.1. The summed E-state index contributed by atoms with van der Waals surface area (Å²) in [5, 5.41) is 2.90. The van der Waals surface area contributed by atoms with Crippen LogP contribution in [0.2, 0.25) is 0 Å². The minimum absolute atomic E-state index is 0.0000728. The molecule has 0 aliphatic carbocycles. The number of anilines is 1. The molecule has 1 unspecified atom stereocenters. The predicted octanol–water partition coefficient (Wildman–Crippen LogP) is 2.73. The van der Waals surface area contributed by atoms with Crippen LogP contribution in [0.15, 0.2) is 22.7 Å². The van der Waals surface area contributed by atoms with Crippen molar-refractivity contribution in [2.24, 2.45) is 5.92 Å². The molecule has 3 nitrogen and oxygen atoms in total. The summed E-state index contributed by atoms with van der Waals surface area (Å²) >= 11 is 3.44. The summed E-state index contributed by atoms with van der Waals surface area (Å²) in [4.78, 5) is 11.8. The number of hydrogen-bond donors (Lipinski definition) is 1. The zero-order valence-electron chi connectivity index (χ0n) is 9.13. The van der Waals surface area contributed by atoms with E-state index in [-0.39, 0.29) is 11.8 Å². The summed E-state index contributed by atoms with van der Waals surface area (Å²) in [6.07, 6.45) is 0.818. The highest BCUT2D eigenvalue weighted by molar-refractivity contribution is 9.10. The Morgan fingerprint density at radius 1 is 1.56 bits per heavy atom. The van der Waals surface area contributed by atoms with Crippen molar-refractivity contribution in [2.75, 3.05) is 18.5 Å². The summed E-state index contributed by atoms with van der Waals surface area (Å²) in [5.41, 5.74) is 1.98. The normalized spacial score (nSPS) is 19.8. The molecule has 0 aromatic heterocycles. The van der Waals surface area contributed by atoms with Crippen molar-refractivity contribution in [3.63, 3.8) is 0 Å². The van der Waals surface area contributed by atoms with E-state index in [1.54, 1.807) is 0 Å². The molecule has 1 aliphatic rings. The average molecular weight is 284 g/mol. The zero-order valence-corrected chi connectivity index (χ0v) is 10.7. The number of carbonyl (C=O) groups is 1. The van der Waals surface area contributed by atoms with E-state index >= 15 is 0 Å². The van der Waals surface area contributed by atoms with Crippen molar-refractivity contribution >= 4 is 27.5 Å². The SMILES string of the molecule is Cc1ccc(NC(=O)C2CCOC2)cc1Br. The van der Waals surface area contributed by atoms with Crippen LogP contribution >= 0.6 is 15.9 Å². The van der Waals surface area contributed by atoms with E-state index in [0.29, 0.717) is 13.2 Å². The summed E-state index contributed by atoms with van der Waals surface area (Å²) in [6.45, 7) is 3.25. The third kappa shape index (κ3) is 2.62. The molecular weight excluding hydrogens is 270 g/mol. The van der Waals surface area contributed by atoms with Gasteiger partial charge in [0.2, 0.25) is 5.91 Å².